The molecule has 1 aliphatic heterocycles. The number of nitrogens with one attached hydrogen (secondary N) is 1. The maximum absolute atomic E-state index is 11.5. The minimum Gasteiger partial charge on any atom is -0.497 e. The summed E-state index contributed by atoms with van der Waals surface area (Å²) < 4.78 is 9.88. The highest BCUT2D eigenvalue weighted by molar-refractivity contribution is 5.90. The number of methoxy groups -OCH3 is 2. The van der Waals surface area contributed by atoms with Crippen LogP contribution < -0.4 is 10.2 Å². The third kappa shape index (κ3) is 2.88. The van der Waals surface area contributed by atoms with E-state index < -0.39 is 0 Å². The zero-order chi connectivity index (χ0) is 13.8. The largest absolute Gasteiger partial charge is 0.497 e. The number of nitrogens with zero attached hydrogens (tertiary/aromatic N) is 1. The van der Waals surface area contributed by atoms with E-state index >= 15 is 0 Å². The summed E-state index contributed by atoms with van der Waals surface area (Å²) in [5.74, 6) is 0.558. The zero-order valence-electron chi connectivity index (χ0n) is 11.4. The number of hydrogen-bond donors (Lipinski definition) is 1. The van der Waals surface area contributed by atoms with Crippen molar-refractivity contribution in [3.05, 3.63) is 41.1 Å². The second kappa shape index (κ2) is 5.75. The maximum Gasteiger partial charge on any atom is 0.336 e. The number of allylic oxidation sites excluding steroid dienone is 1. The van der Waals surface area contributed by atoms with E-state index in [-0.39, 0.29) is 5.97 Å². The van der Waals surface area contributed by atoms with Crippen molar-refractivity contribution >= 4 is 5.97 Å². The molecule has 1 aromatic carbocycles. The highest BCUT2D eigenvalue weighted by Crippen LogP contribution is 2.19. The minimum atomic E-state index is -0.276. The quantitative estimate of drug-likeness (QED) is 0.833. The van der Waals surface area contributed by atoms with E-state index in [1.807, 2.05) is 36.2 Å². The predicted molar refractivity (Wildman–Crippen MR) is 71.3 cm³/mol. The summed E-state index contributed by atoms with van der Waals surface area (Å²) in [6.07, 6.45) is 0. The number of hydrazine groups is 1. The molecule has 0 aliphatic carbocycles. The molecular formula is C14H18N2O3. The summed E-state index contributed by atoms with van der Waals surface area (Å²) in [7, 11) is 3.04. The van der Waals surface area contributed by atoms with Crippen LogP contribution in [0.3, 0.4) is 0 Å². The van der Waals surface area contributed by atoms with Crippen LogP contribution in [0.4, 0.5) is 0 Å². The molecule has 1 aromatic rings. The van der Waals surface area contributed by atoms with E-state index in [0.717, 1.165) is 17.0 Å². The Balaban J connectivity index is 2.07. The first-order valence-corrected chi connectivity index (χ1v) is 6.07. The summed E-state index contributed by atoms with van der Waals surface area (Å²) in [5, 5.41) is 1.95. The fraction of sp³-hybridized carbons (Fsp3) is 0.357. The van der Waals surface area contributed by atoms with Gasteiger partial charge in [0.05, 0.1) is 26.3 Å². The molecule has 0 aromatic heterocycles. The second-order valence-corrected chi connectivity index (χ2v) is 4.32. The van der Waals surface area contributed by atoms with Crippen LogP contribution >= 0.6 is 0 Å². The van der Waals surface area contributed by atoms with Crippen LogP contribution in [0.25, 0.3) is 0 Å². The molecule has 102 valence electrons. The highest BCUT2D eigenvalue weighted by atomic mass is 16.5. The smallest absolute Gasteiger partial charge is 0.336 e. The lowest BCUT2D eigenvalue weighted by atomic mass is 10.2. The van der Waals surface area contributed by atoms with Gasteiger partial charge in [-0.15, -0.1) is 0 Å². The van der Waals surface area contributed by atoms with E-state index in [4.69, 9.17) is 9.47 Å². The Morgan fingerprint density at radius 2 is 2.00 bits per heavy atom. The summed E-state index contributed by atoms with van der Waals surface area (Å²) in [4.78, 5) is 11.5. The Morgan fingerprint density at radius 3 is 2.58 bits per heavy atom. The van der Waals surface area contributed by atoms with Gasteiger partial charge in [0.25, 0.3) is 0 Å². The lowest BCUT2D eigenvalue weighted by Gasteiger charge is -2.20. The van der Waals surface area contributed by atoms with Crippen molar-refractivity contribution in [3.63, 3.8) is 0 Å². The van der Waals surface area contributed by atoms with Gasteiger partial charge in [0.15, 0.2) is 0 Å². The Morgan fingerprint density at radius 1 is 1.32 bits per heavy atom. The average molecular weight is 262 g/mol. The van der Waals surface area contributed by atoms with Crippen LogP contribution in [0.1, 0.15) is 12.5 Å². The van der Waals surface area contributed by atoms with Crippen molar-refractivity contribution in [2.24, 2.45) is 0 Å². The molecule has 0 fully saturated rings. The number of carbonyl (C=O) groups is 1. The fourth-order valence-corrected chi connectivity index (χ4v) is 2.01. The van der Waals surface area contributed by atoms with Gasteiger partial charge in [0.2, 0.25) is 0 Å². The first kappa shape index (κ1) is 13.4. The number of carbonyl (C=O) groups excluding carboxylic acids is 1. The Hall–Kier alpha value is -2.01. The molecule has 2 rings (SSSR count). The third-order valence-corrected chi connectivity index (χ3v) is 3.22. The normalized spacial score (nSPS) is 14.8. The van der Waals surface area contributed by atoms with Gasteiger partial charge in [-0.3, -0.25) is 0 Å². The van der Waals surface area contributed by atoms with Gasteiger partial charge in [-0.25, -0.2) is 10.2 Å². The molecule has 0 atom stereocenters. The molecule has 0 spiro atoms. The topological polar surface area (TPSA) is 50.8 Å². The molecule has 0 saturated carbocycles. The summed E-state index contributed by atoms with van der Waals surface area (Å²) in [6.45, 7) is 3.11. The van der Waals surface area contributed by atoms with Crippen LogP contribution in [0.2, 0.25) is 0 Å². The van der Waals surface area contributed by atoms with Gasteiger partial charge in [0.1, 0.15) is 5.75 Å². The number of esters is 1. The van der Waals surface area contributed by atoms with Gasteiger partial charge in [-0.2, -0.15) is 0 Å². The molecule has 1 heterocycles. The van der Waals surface area contributed by atoms with Crippen LogP contribution in [0.5, 0.6) is 5.75 Å². The first-order valence-electron chi connectivity index (χ1n) is 6.07. The summed E-state index contributed by atoms with van der Waals surface area (Å²) >= 11 is 0. The van der Waals surface area contributed by atoms with Crippen molar-refractivity contribution < 1.29 is 14.3 Å². The van der Waals surface area contributed by atoms with E-state index in [9.17, 15) is 4.79 Å². The molecule has 0 bridgehead atoms. The van der Waals surface area contributed by atoms with Crippen molar-refractivity contribution in [1.29, 1.82) is 0 Å². The molecule has 0 saturated heterocycles. The second-order valence-electron chi connectivity index (χ2n) is 4.32. The summed E-state index contributed by atoms with van der Waals surface area (Å²) in [6, 6.07) is 7.85. The zero-order valence-corrected chi connectivity index (χ0v) is 11.4. The molecule has 5 nitrogen and oxygen atoms in total. The van der Waals surface area contributed by atoms with E-state index in [0.29, 0.717) is 18.7 Å². The Labute approximate surface area is 112 Å². The van der Waals surface area contributed by atoms with Gasteiger partial charge in [-0.1, -0.05) is 12.1 Å². The van der Waals surface area contributed by atoms with Crippen LogP contribution in [0, 0.1) is 0 Å². The number of ether oxygens (including phenoxy) is 2. The van der Waals surface area contributed by atoms with Crippen LogP contribution in [0.15, 0.2) is 35.5 Å². The standard InChI is InChI=1S/C14H18N2O3/c1-10-13(14(17)19-3)8-15-16(10)9-11-4-6-12(18-2)7-5-11/h4-7,15H,8-9H2,1-3H3. The molecule has 5 heteroatoms. The van der Waals surface area contributed by atoms with Gasteiger partial charge in [-0.05, 0) is 24.6 Å². The van der Waals surface area contributed by atoms with Crippen molar-refractivity contribution in [2.45, 2.75) is 13.5 Å². The number of hydrogen-bond acceptors (Lipinski definition) is 5. The first-order chi connectivity index (χ1) is 9.15. The third-order valence-electron chi connectivity index (χ3n) is 3.22. The van der Waals surface area contributed by atoms with Gasteiger partial charge in [0, 0.05) is 12.2 Å². The van der Waals surface area contributed by atoms with E-state index in [1.165, 1.54) is 7.11 Å². The molecule has 1 N–H and O–H groups in total. The molecule has 0 unspecified atom stereocenters. The molecule has 0 radical (unpaired) electrons. The van der Waals surface area contributed by atoms with Crippen LogP contribution in [-0.4, -0.2) is 31.7 Å². The summed E-state index contributed by atoms with van der Waals surface area (Å²) in [5.41, 5.74) is 5.90. The van der Waals surface area contributed by atoms with Crippen molar-refractivity contribution in [3.8, 4) is 5.75 Å². The number of rotatable bonds is 4. The SMILES string of the molecule is COC(=O)C1=C(C)N(Cc2ccc(OC)cc2)NC1. The lowest BCUT2D eigenvalue weighted by molar-refractivity contribution is -0.136. The van der Waals surface area contributed by atoms with Gasteiger partial charge < -0.3 is 14.5 Å². The predicted octanol–water partition coefficient (Wildman–Crippen LogP) is 1.46. The monoisotopic (exact) mass is 262 g/mol. The molecule has 19 heavy (non-hydrogen) atoms. The molecule has 0 amide bonds. The Bertz CT molecular complexity index is 494. The van der Waals surface area contributed by atoms with Crippen molar-refractivity contribution in [2.75, 3.05) is 20.8 Å². The Kier molecular flexibility index (Phi) is 4.06. The molecule has 1 aliphatic rings. The molecular weight excluding hydrogens is 244 g/mol. The highest BCUT2D eigenvalue weighted by Gasteiger charge is 2.24. The lowest BCUT2D eigenvalue weighted by Crippen LogP contribution is -2.30. The van der Waals surface area contributed by atoms with E-state index in [1.54, 1.807) is 7.11 Å². The van der Waals surface area contributed by atoms with E-state index in [2.05, 4.69) is 5.43 Å². The van der Waals surface area contributed by atoms with Gasteiger partial charge >= 0.3 is 5.97 Å². The fourth-order valence-electron chi connectivity index (χ4n) is 2.01. The maximum atomic E-state index is 11.5. The number of benzene rings is 1. The van der Waals surface area contributed by atoms with Crippen LogP contribution in [-0.2, 0) is 16.1 Å². The van der Waals surface area contributed by atoms with Crippen molar-refractivity contribution in [1.82, 2.24) is 10.4 Å². The minimum absolute atomic E-state index is 0.276. The average Bonchev–Trinajstić information content (AvgIpc) is 2.80.